The molecule has 0 saturated carbocycles. The highest BCUT2D eigenvalue weighted by Crippen LogP contribution is 2.31. The first-order valence-corrected chi connectivity index (χ1v) is 8.88. The Hall–Kier alpha value is -2.56. The summed E-state index contributed by atoms with van der Waals surface area (Å²) >= 11 is 0. The number of rotatable bonds is 3. The maximum Gasteiger partial charge on any atom is 0.254 e. The third-order valence-electron chi connectivity index (χ3n) is 4.82. The lowest BCUT2D eigenvalue weighted by atomic mass is 9.92. The van der Waals surface area contributed by atoms with E-state index in [1.807, 2.05) is 35.4 Å². The van der Waals surface area contributed by atoms with Crippen molar-refractivity contribution in [2.75, 3.05) is 26.3 Å². The summed E-state index contributed by atoms with van der Waals surface area (Å²) < 4.78 is 11.1. The van der Waals surface area contributed by atoms with Crippen LogP contribution in [0.2, 0.25) is 0 Å². The molecule has 1 saturated heterocycles. The quantitative estimate of drug-likeness (QED) is 0.863. The number of fused-ring (bicyclic) bond motifs is 1. The van der Waals surface area contributed by atoms with Gasteiger partial charge in [0.2, 0.25) is 0 Å². The van der Waals surface area contributed by atoms with Crippen molar-refractivity contribution in [1.82, 2.24) is 9.88 Å². The minimum absolute atomic E-state index is 0.0719. The number of carbonyl (C=O) groups excluding carboxylic acids is 1. The van der Waals surface area contributed by atoms with E-state index in [0.717, 1.165) is 43.8 Å². The summed E-state index contributed by atoms with van der Waals surface area (Å²) in [4.78, 5) is 19.3. The summed E-state index contributed by atoms with van der Waals surface area (Å²) in [5.41, 5.74) is 1.77. The Morgan fingerprint density at radius 1 is 1.16 bits per heavy atom. The Balaban J connectivity index is 1.44. The molecular formula is C20H22N2O3. The van der Waals surface area contributed by atoms with Gasteiger partial charge in [0, 0.05) is 30.5 Å². The maximum absolute atomic E-state index is 12.9. The molecule has 4 rings (SSSR count). The summed E-state index contributed by atoms with van der Waals surface area (Å²) in [6, 6.07) is 11.5. The third kappa shape index (κ3) is 3.60. The summed E-state index contributed by atoms with van der Waals surface area (Å²) in [7, 11) is 0. The molecule has 1 amide bonds. The van der Waals surface area contributed by atoms with Gasteiger partial charge in [-0.05, 0) is 55.5 Å². The van der Waals surface area contributed by atoms with Gasteiger partial charge in [0.15, 0.2) is 11.5 Å². The van der Waals surface area contributed by atoms with E-state index in [0.29, 0.717) is 30.4 Å². The van der Waals surface area contributed by atoms with Crippen LogP contribution < -0.4 is 9.47 Å². The number of carbonyl (C=O) groups is 1. The number of likely N-dealkylation sites (tertiary alicyclic amines) is 1. The molecule has 1 aromatic heterocycles. The SMILES string of the molecule is O=C(c1ccc2c(c1)OCCO2)N1CCC[C@@H](Cc2ccccn2)C1. The van der Waals surface area contributed by atoms with Crippen LogP contribution in [0.15, 0.2) is 42.6 Å². The van der Waals surface area contributed by atoms with Gasteiger partial charge in [-0.25, -0.2) is 0 Å². The van der Waals surface area contributed by atoms with Crippen LogP contribution >= 0.6 is 0 Å². The van der Waals surface area contributed by atoms with E-state index >= 15 is 0 Å². The average molecular weight is 338 g/mol. The van der Waals surface area contributed by atoms with Gasteiger partial charge in [-0.3, -0.25) is 9.78 Å². The highest BCUT2D eigenvalue weighted by molar-refractivity contribution is 5.95. The van der Waals surface area contributed by atoms with Gasteiger partial charge in [0.25, 0.3) is 5.91 Å². The second-order valence-corrected chi connectivity index (χ2v) is 6.64. The van der Waals surface area contributed by atoms with E-state index in [9.17, 15) is 4.79 Å². The van der Waals surface area contributed by atoms with Crippen molar-refractivity contribution in [3.63, 3.8) is 0 Å². The molecule has 130 valence electrons. The largest absolute Gasteiger partial charge is 0.486 e. The molecule has 0 aliphatic carbocycles. The average Bonchev–Trinajstić information content (AvgIpc) is 2.68. The zero-order chi connectivity index (χ0) is 17.1. The van der Waals surface area contributed by atoms with Crippen LogP contribution in [-0.4, -0.2) is 42.1 Å². The van der Waals surface area contributed by atoms with Gasteiger partial charge >= 0.3 is 0 Å². The first kappa shape index (κ1) is 15.9. The highest BCUT2D eigenvalue weighted by Gasteiger charge is 2.26. The number of nitrogens with zero attached hydrogens (tertiary/aromatic N) is 2. The van der Waals surface area contributed by atoms with Crippen LogP contribution in [0.5, 0.6) is 11.5 Å². The molecule has 1 fully saturated rings. The number of pyridine rings is 1. The number of hydrogen-bond acceptors (Lipinski definition) is 4. The fourth-order valence-electron chi connectivity index (χ4n) is 3.59. The molecule has 0 bridgehead atoms. The van der Waals surface area contributed by atoms with Crippen molar-refractivity contribution < 1.29 is 14.3 Å². The first-order chi connectivity index (χ1) is 12.3. The molecule has 0 spiro atoms. The van der Waals surface area contributed by atoms with Crippen LogP contribution in [0.25, 0.3) is 0 Å². The van der Waals surface area contributed by atoms with E-state index in [1.54, 1.807) is 6.07 Å². The Bertz CT molecular complexity index is 748. The van der Waals surface area contributed by atoms with Crippen LogP contribution in [0.4, 0.5) is 0 Å². The lowest BCUT2D eigenvalue weighted by Crippen LogP contribution is -2.40. The van der Waals surface area contributed by atoms with Crippen LogP contribution in [0.3, 0.4) is 0 Å². The molecule has 0 radical (unpaired) electrons. The molecule has 2 aliphatic heterocycles. The summed E-state index contributed by atoms with van der Waals surface area (Å²) in [6.07, 6.45) is 4.93. The first-order valence-electron chi connectivity index (χ1n) is 8.88. The Morgan fingerprint density at radius 2 is 2.04 bits per heavy atom. The third-order valence-corrected chi connectivity index (χ3v) is 4.82. The topological polar surface area (TPSA) is 51.7 Å². The monoisotopic (exact) mass is 338 g/mol. The molecule has 2 aromatic rings. The van der Waals surface area contributed by atoms with E-state index in [4.69, 9.17) is 9.47 Å². The fourth-order valence-corrected chi connectivity index (χ4v) is 3.59. The molecule has 5 nitrogen and oxygen atoms in total. The predicted octanol–water partition coefficient (Wildman–Crippen LogP) is 2.95. The fraction of sp³-hybridized carbons (Fsp3) is 0.400. The van der Waals surface area contributed by atoms with Crippen molar-refractivity contribution in [2.45, 2.75) is 19.3 Å². The van der Waals surface area contributed by atoms with Gasteiger partial charge in [0.1, 0.15) is 13.2 Å². The predicted molar refractivity (Wildman–Crippen MR) is 94.0 cm³/mol. The molecule has 5 heteroatoms. The summed E-state index contributed by atoms with van der Waals surface area (Å²) in [5, 5.41) is 0. The minimum atomic E-state index is 0.0719. The van der Waals surface area contributed by atoms with Crippen molar-refractivity contribution in [3.05, 3.63) is 53.9 Å². The second-order valence-electron chi connectivity index (χ2n) is 6.64. The van der Waals surface area contributed by atoms with E-state index in [2.05, 4.69) is 11.1 Å². The zero-order valence-electron chi connectivity index (χ0n) is 14.2. The summed E-state index contributed by atoms with van der Waals surface area (Å²) in [5.74, 6) is 1.92. The van der Waals surface area contributed by atoms with Crippen molar-refractivity contribution in [3.8, 4) is 11.5 Å². The highest BCUT2D eigenvalue weighted by atomic mass is 16.6. The molecule has 1 atom stereocenters. The molecule has 3 heterocycles. The van der Waals surface area contributed by atoms with Gasteiger partial charge in [-0.1, -0.05) is 6.07 Å². The molecule has 25 heavy (non-hydrogen) atoms. The van der Waals surface area contributed by atoms with Gasteiger partial charge in [-0.15, -0.1) is 0 Å². The minimum Gasteiger partial charge on any atom is -0.486 e. The van der Waals surface area contributed by atoms with Crippen molar-refractivity contribution >= 4 is 5.91 Å². The number of piperidine rings is 1. The number of aromatic nitrogens is 1. The Labute approximate surface area is 147 Å². The van der Waals surface area contributed by atoms with Gasteiger partial charge in [-0.2, -0.15) is 0 Å². The van der Waals surface area contributed by atoms with E-state index in [-0.39, 0.29) is 5.91 Å². The Kier molecular flexibility index (Phi) is 4.55. The van der Waals surface area contributed by atoms with Crippen LogP contribution in [0, 0.1) is 5.92 Å². The summed E-state index contributed by atoms with van der Waals surface area (Å²) in [6.45, 7) is 2.68. The van der Waals surface area contributed by atoms with Gasteiger partial charge < -0.3 is 14.4 Å². The molecule has 2 aliphatic rings. The second kappa shape index (κ2) is 7.13. The van der Waals surface area contributed by atoms with Gasteiger partial charge in [0.05, 0.1) is 0 Å². The lowest BCUT2D eigenvalue weighted by Gasteiger charge is -2.33. The van der Waals surface area contributed by atoms with Crippen LogP contribution in [0.1, 0.15) is 28.9 Å². The molecular weight excluding hydrogens is 316 g/mol. The molecule has 1 aromatic carbocycles. The van der Waals surface area contributed by atoms with Crippen LogP contribution in [-0.2, 0) is 6.42 Å². The number of amides is 1. The number of hydrogen-bond donors (Lipinski definition) is 0. The molecule has 0 N–H and O–H groups in total. The van der Waals surface area contributed by atoms with E-state index < -0.39 is 0 Å². The molecule has 0 unspecified atom stereocenters. The lowest BCUT2D eigenvalue weighted by molar-refractivity contribution is 0.0671. The Morgan fingerprint density at radius 3 is 2.88 bits per heavy atom. The normalized spacial score (nSPS) is 19.5. The smallest absolute Gasteiger partial charge is 0.254 e. The van der Waals surface area contributed by atoms with Crippen molar-refractivity contribution in [1.29, 1.82) is 0 Å². The number of ether oxygens (including phenoxy) is 2. The maximum atomic E-state index is 12.9. The van der Waals surface area contributed by atoms with E-state index in [1.165, 1.54) is 0 Å². The van der Waals surface area contributed by atoms with Crippen molar-refractivity contribution in [2.24, 2.45) is 5.92 Å². The zero-order valence-corrected chi connectivity index (χ0v) is 14.2. The standard InChI is InChI=1S/C20H22N2O3/c23-20(16-6-7-18-19(13-16)25-11-10-24-18)22-9-3-4-15(14-22)12-17-5-1-2-8-21-17/h1-2,5-8,13,15H,3-4,9-12,14H2/t15-/m0/s1. The number of benzene rings is 1.